The number of carboxylic acids is 1. The van der Waals surface area contributed by atoms with E-state index >= 15 is 0 Å². The zero-order chi connectivity index (χ0) is 41.8. The fourth-order valence-electron chi connectivity index (χ4n) is 6.05. The Morgan fingerprint density at radius 3 is 2.02 bits per heavy atom. The molecule has 1 aliphatic heterocycles. The van der Waals surface area contributed by atoms with E-state index in [1.54, 1.807) is 12.0 Å². The van der Waals surface area contributed by atoms with Crippen molar-refractivity contribution >= 4 is 40.9 Å². The average molecular weight is 792 g/mol. The van der Waals surface area contributed by atoms with Gasteiger partial charge in [-0.3, -0.25) is 4.79 Å². The van der Waals surface area contributed by atoms with Gasteiger partial charge in [-0.2, -0.15) is 4.68 Å². The van der Waals surface area contributed by atoms with Gasteiger partial charge in [-0.15, -0.1) is 21.4 Å². The number of nitrogens with two attached hydrogens (primary N) is 1. The molecule has 3 aromatic carbocycles. The molecule has 2 amide bonds. The fraction of sp³-hybridized carbons (Fsp3) is 0.415. The Morgan fingerprint density at radius 1 is 1.02 bits per heavy atom. The lowest BCUT2D eigenvalue weighted by molar-refractivity contribution is -0.129. The normalized spacial score (nSPS) is 13.6. The molecule has 302 valence electrons. The van der Waals surface area contributed by atoms with Crippen LogP contribution < -0.4 is 21.7 Å². The number of carbonyl (C=O) groups excluding carboxylic acids is 2. The number of nitrogen functional groups attached to an aromatic ring is 1. The van der Waals surface area contributed by atoms with Crippen molar-refractivity contribution in [2.45, 2.75) is 91.3 Å². The van der Waals surface area contributed by atoms with E-state index in [-0.39, 0.29) is 35.9 Å². The molecule has 0 aliphatic carbocycles. The number of alkyl halides is 1. The number of hydrogen-bond acceptors (Lipinski definition) is 9. The Kier molecular flexibility index (Phi) is 16.0. The van der Waals surface area contributed by atoms with Crippen LogP contribution in [0.2, 0.25) is 0 Å². The molecule has 14 nitrogen and oxygen atoms in total. The number of anilines is 1. The van der Waals surface area contributed by atoms with Crippen LogP contribution in [0.3, 0.4) is 0 Å². The maximum Gasteiger partial charge on any atom is 0.373 e. The van der Waals surface area contributed by atoms with Gasteiger partial charge in [0.1, 0.15) is 5.88 Å². The second kappa shape index (κ2) is 19.9. The standard InChI is InChI=1S/C16H13NO3.C15H22ClNO2.C10H19N5O2/c18-15(19)14-11-16(20-17-14,12-7-3-1-4-8-12)13-9-5-2-6-10-13;1-5-13-8-6-7-11(2)15(13)17(14(18)9-16)12(3)10-19-4;1-6(2)7-13-15(9(17)14(7)11)8(16)12-10(3,4)5/h1-10H,11H2,(H,18,19);6-8,12H,5,9-10H2,1-4H3;6H,11H2,1-5H3,(H,12,16). The van der Waals surface area contributed by atoms with E-state index in [4.69, 9.17) is 32.1 Å². The van der Waals surface area contributed by atoms with E-state index in [1.165, 1.54) is 0 Å². The summed E-state index contributed by atoms with van der Waals surface area (Å²) in [7, 11) is 1.64. The summed E-state index contributed by atoms with van der Waals surface area (Å²) in [6.45, 7) is 15.7. The summed E-state index contributed by atoms with van der Waals surface area (Å²) in [5.74, 6) is 4.74. The zero-order valence-corrected chi connectivity index (χ0v) is 34.3. The average Bonchev–Trinajstić information content (AvgIpc) is 3.75. The summed E-state index contributed by atoms with van der Waals surface area (Å²) in [4.78, 5) is 54.2. The van der Waals surface area contributed by atoms with Crippen LogP contribution in [0.1, 0.15) is 88.9 Å². The van der Waals surface area contributed by atoms with Crippen molar-refractivity contribution in [2.75, 3.05) is 30.3 Å². The highest BCUT2D eigenvalue weighted by molar-refractivity contribution is 6.36. The number of methoxy groups -OCH3 is 1. The van der Waals surface area contributed by atoms with Gasteiger partial charge in [-0.25, -0.2) is 14.4 Å². The van der Waals surface area contributed by atoms with E-state index in [9.17, 15) is 19.2 Å². The van der Waals surface area contributed by atoms with Gasteiger partial charge in [0.2, 0.25) is 5.91 Å². The highest BCUT2D eigenvalue weighted by Gasteiger charge is 2.44. The van der Waals surface area contributed by atoms with Crippen LogP contribution >= 0.6 is 11.6 Å². The van der Waals surface area contributed by atoms with Crippen LogP contribution in [0.5, 0.6) is 0 Å². The molecule has 2 heterocycles. The van der Waals surface area contributed by atoms with E-state index in [1.807, 2.05) is 121 Å². The smallest absolute Gasteiger partial charge is 0.373 e. The minimum atomic E-state index is -1.04. The van der Waals surface area contributed by atoms with Crippen molar-refractivity contribution < 1.29 is 29.1 Å². The number of hydrogen-bond donors (Lipinski definition) is 3. The predicted molar refractivity (Wildman–Crippen MR) is 219 cm³/mol. The molecule has 0 bridgehead atoms. The lowest BCUT2D eigenvalue weighted by atomic mass is 9.82. The number of aliphatic carboxylic acids is 1. The number of oxime groups is 1. The molecule has 0 fully saturated rings. The molecule has 56 heavy (non-hydrogen) atoms. The SMILES string of the molecule is CC(C)c1nn(C(=O)NC(C)(C)C)c(=O)n1N.CCc1cccc(C)c1N(C(=O)CCl)C(C)COC.O=C(O)C1=NOC(c2ccccc2)(c2ccccc2)C1. The number of amides is 2. The quantitative estimate of drug-likeness (QED) is 0.125. The number of aryl methyl sites for hydroxylation is 2. The van der Waals surface area contributed by atoms with Gasteiger partial charge in [-0.05, 0) is 52.2 Å². The number of carboxylic acid groups (broad SMARTS) is 1. The second-order valence-corrected chi connectivity index (χ2v) is 14.8. The Morgan fingerprint density at radius 2 is 1.59 bits per heavy atom. The molecule has 4 aromatic rings. The van der Waals surface area contributed by atoms with Crippen molar-refractivity contribution in [1.29, 1.82) is 0 Å². The maximum atomic E-state index is 12.2. The number of nitrogens with one attached hydrogen (secondary N) is 1. The monoisotopic (exact) mass is 791 g/mol. The number of nitrogens with zero attached hydrogens (tertiary/aromatic N) is 5. The van der Waals surface area contributed by atoms with Crippen molar-refractivity contribution in [3.8, 4) is 0 Å². The first-order valence-electron chi connectivity index (χ1n) is 18.3. The number of rotatable bonds is 10. The van der Waals surface area contributed by atoms with Crippen LogP contribution in [-0.4, -0.2) is 74.4 Å². The summed E-state index contributed by atoms with van der Waals surface area (Å²) in [6, 6.07) is 24.6. The summed E-state index contributed by atoms with van der Waals surface area (Å²) in [6.07, 6.45) is 1.10. The Bertz CT molecular complexity index is 1980. The van der Waals surface area contributed by atoms with E-state index < -0.39 is 28.8 Å². The third-order valence-corrected chi connectivity index (χ3v) is 8.89. The number of benzene rings is 3. The fourth-order valence-corrected chi connectivity index (χ4v) is 6.18. The number of ether oxygens (including phenoxy) is 1. The Labute approximate surface area is 333 Å². The molecular weight excluding hydrogens is 738 g/mol. The number of para-hydroxylation sites is 1. The summed E-state index contributed by atoms with van der Waals surface area (Å²) in [5.41, 5.74) is 3.11. The largest absolute Gasteiger partial charge is 0.477 e. The molecular formula is C41H54ClN7O7. The molecule has 0 saturated carbocycles. The zero-order valence-electron chi connectivity index (χ0n) is 33.6. The second-order valence-electron chi connectivity index (χ2n) is 14.6. The first-order valence-corrected chi connectivity index (χ1v) is 18.8. The molecule has 0 spiro atoms. The molecule has 0 saturated heterocycles. The molecule has 1 aliphatic rings. The van der Waals surface area contributed by atoms with Gasteiger partial charge in [0, 0.05) is 29.7 Å². The van der Waals surface area contributed by atoms with E-state index in [0.29, 0.717) is 12.4 Å². The Balaban J connectivity index is 0.000000226. The van der Waals surface area contributed by atoms with Crippen LogP contribution in [0, 0.1) is 6.92 Å². The lowest BCUT2D eigenvalue weighted by Gasteiger charge is -2.31. The molecule has 0 radical (unpaired) electrons. The Hall–Kier alpha value is -5.47. The molecule has 4 N–H and O–H groups in total. The van der Waals surface area contributed by atoms with Crippen molar-refractivity contribution in [3.63, 3.8) is 0 Å². The summed E-state index contributed by atoms with van der Waals surface area (Å²) in [5, 5.41) is 19.5. The van der Waals surface area contributed by atoms with Crippen LogP contribution in [0.25, 0.3) is 0 Å². The third kappa shape index (κ3) is 11.1. The van der Waals surface area contributed by atoms with Gasteiger partial charge >= 0.3 is 17.7 Å². The molecule has 1 unspecified atom stereocenters. The van der Waals surface area contributed by atoms with Gasteiger partial charge in [0.05, 0.1) is 24.8 Å². The highest BCUT2D eigenvalue weighted by atomic mass is 35.5. The first-order chi connectivity index (χ1) is 26.4. The molecule has 1 atom stereocenters. The topological polar surface area (TPSA) is 183 Å². The maximum absolute atomic E-state index is 12.2. The van der Waals surface area contributed by atoms with Crippen LogP contribution in [0.4, 0.5) is 10.5 Å². The number of carbonyl (C=O) groups is 3. The van der Waals surface area contributed by atoms with Crippen LogP contribution in [-0.2, 0) is 31.2 Å². The summed E-state index contributed by atoms with van der Waals surface area (Å²) >= 11 is 5.76. The van der Waals surface area contributed by atoms with Gasteiger partial charge in [0.15, 0.2) is 17.1 Å². The van der Waals surface area contributed by atoms with Crippen molar-refractivity contribution in [1.82, 2.24) is 19.8 Å². The molecule has 15 heteroatoms. The minimum Gasteiger partial charge on any atom is -0.477 e. The van der Waals surface area contributed by atoms with E-state index in [2.05, 4.69) is 28.6 Å². The van der Waals surface area contributed by atoms with Crippen molar-refractivity contribution in [2.24, 2.45) is 5.16 Å². The van der Waals surface area contributed by atoms with Crippen molar-refractivity contribution in [3.05, 3.63) is 117 Å². The van der Waals surface area contributed by atoms with Gasteiger partial charge in [0.25, 0.3) is 0 Å². The predicted octanol–water partition coefficient (Wildman–Crippen LogP) is 6.19. The third-order valence-electron chi connectivity index (χ3n) is 8.66. The highest BCUT2D eigenvalue weighted by Crippen LogP contribution is 2.41. The lowest BCUT2D eigenvalue weighted by Crippen LogP contribution is -2.47. The number of halogens is 1. The molecule has 5 rings (SSSR count). The number of aromatic nitrogens is 3. The minimum absolute atomic E-state index is 0.0223. The van der Waals surface area contributed by atoms with Gasteiger partial charge in [-0.1, -0.05) is 105 Å². The van der Waals surface area contributed by atoms with Crippen LogP contribution in [0.15, 0.2) is 88.8 Å². The van der Waals surface area contributed by atoms with E-state index in [0.717, 1.165) is 43.7 Å². The first kappa shape index (κ1) is 44.9. The van der Waals surface area contributed by atoms with Gasteiger partial charge < -0.3 is 30.7 Å². The molecule has 1 aromatic heterocycles. The summed E-state index contributed by atoms with van der Waals surface area (Å²) < 4.78 is 6.82.